The Hall–Kier alpha value is -5.48. The minimum Gasteiger partial charge on any atom is -0.495 e. The molecule has 1 saturated heterocycles. The molecule has 0 spiro atoms. The largest absolute Gasteiger partial charge is 0.495 e. The highest BCUT2D eigenvalue weighted by atomic mass is 19.1. The first kappa shape index (κ1) is 42.6. The first-order valence-electron chi connectivity index (χ1n) is 19.8. The van der Waals surface area contributed by atoms with E-state index in [4.69, 9.17) is 23.5 Å². The van der Waals surface area contributed by atoms with Crippen LogP contribution in [0.3, 0.4) is 0 Å². The average Bonchev–Trinajstić information content (AvgIpc) is 3.56. The molecule has 2 amide bonds. The molecule has 2 aromatic carbocycles. The van der Waals surface area contributed by atoms with Gasteiger partial charge in [-0.15, -0.1) is 0 Å². The molecular weight excluding hydrogens is 780 g/mol. The molecule has 2 N–H and O–H groups in total. The van der Waals surface area contributed by atoms with E-state index < -0.39 is 76.9 Å². The molecule has 316 valence electrons. The number of hydrogen-bond donors (Lipinski definition) is 2. The van der Waals surface area contributed by atoms with Crippen molar-refractivity contribution in [3.8, 4) is 11.5 Å². The second-order valence-corrected chi connectivity index (χ2v) is 17.4. The molecule has 12 nitrogen and oxygen atoms in total. The lowest BCUT2D eigenvalue weighted by Crippen LogP contribution is -2.65. The number of ether oxygens (including phenoxy) is 3. The summed E-state index contributed by atoms with van der Waals surface area (Å²) in [6.07, 6.45) is 3.49. The van der Waals surface area contributed by atoms with Gasteiger partial charge in [0.05, 0.1) is 31.0 Å². The summed E-state index contributed by atoms with van der Waals surface area (Å²) in [6.45, 7) is 11.4. The zero-order chi connectivity index (χ0) is 43.1. The van der Waals surface area contributed by atoms with Crippen LogP contribution in [-0.4, -0.2) is 65.2 Å². The maximum Gasteiger partial charge on any atom is 0.482 e. The third-order valence-electron chi connectivity index (χ3n) is 12.0. The van der Waals surface area contributed by atoms with Gasteiger partial charge >= 0.3 is 13.1 Å². The van der Waals surface area contributed by atoms with Gasteiger partial charge in [-0.2, -0.15) is 4.39 Å². The minimum absolute atomic E-state index is 0.0211. The number of esters is 1. The van der Waals surface area contributed by atoms with Gasteiger partial charge in [-0.3, -0.25) is 14.6 Å². The van der Waals surface area contributed by atoms with Gasteiger partial charge in [-0.05, 0) is 87.5 Å². The van der Waals surface area contributed by atoms with E-state index in [0.29, 0.717) is 11.5 Å². The fourth-order valence-electron chi connectivity index (χ4n) is 8.78. The maximum atomic E-state index is 16.1. The molecule has 4 aliphatic rings. The van der Waals surface area contributed by atoms with Crippen molar-refractivity contribution in [2.75, 3.05) is 7.11 Å². The van der Waals surface area contributed by atoms with E-state index in [1.807, 2.05) is 37.3 Å². The first-order chi connectivity index (χ1) is 28.4. The molecule has 0 radical (unpaired) electrons. The molecule has 4 aromatic rings. The van der Waals surface area contributed by atoms with E-state index in [1.54, 1.807) is 20.8 Å². The van der Waals surface area contributed by atoms with Crippen LogP contribution in [0.5, 0.6) is 11.5 Å². The van der Waals surface area contributed by atoms with E-state index in [1.165, 1.54) is 25.4 Å². The van der Waals surface area contributed by atoms with Crippen molar-refractivity contribution in [2.45, 2.75) is 96.7 Å². The van der Waals surface area contributed by atoms with Crippen molar-refractivity contribution >= 4 is 24.9 Å². The Bertz CT molecular complexity index is 2280. The predicted molar refractivity (Wildman–Crippen MR) is 213 cm³/mol. The van der Waals surface area contributed by atoms with Gasteiger partial charge in [0.25, 0.3) is 5.91 Å². The molecular formula is C44H48BF3N4O8. The number of hydrogen-bond acceptors (Lipinski definition) is 10. The molecule has 1 unspecified atom stereocenters. The van der Waals surface area contributed by atoms with E-state index in [9.17, 15) is 18.8 Å². The molecule has 3 aliphatic carbocycles. The van der Waals surface area contributed by atoms with Gasteiger partial charge in [0, 0.05) is 23.9 Å². The Balaban J connectivity index is 1.24. The lowest BCUT2D eigenvalue weighted by atomic mass is 9.43. The van der Waals surface area contributed by atoms with Crippen LogP contribution >= 0.6 is 0 Å². The number of carbonyl (C=O) groups excluding carboxylic acids is 3. The molecule has 3 saturated carbocycles. The number of benzene rings is 2. The van der Waals surface area contributed by atoms with Crippen LogP contribution in [0.25, 0.3) is 0 Å². The van der Waals surface area contributed by atoms with Crippen molar-refractivity contribution in [3.63, 3.8) is 0 Å². The maximum absolute atomic E-state index is 16.1. The lowest BCUT2D eigenvalue weighted by molar-refractivity contribution is -0.199. The zero-order valence-electron chi connectivity index (χ0n) is 34.5. The number of halogens is 3. The second-order valence-electron chi connectivity index (χ2n) is 17.4. The molecule has 2 bridgehead atoms. The van der Waals surface area contributed by atoms with E-state index in [-0.39, 0.29) is 47.5 Å². The Morgan fingerprint density at radius 3 is 2.38 bits per heavy atom. The van der Waals surface area contributed by atoms with Crippen molar-refractivity contribution in [2.24, 2.45) is 17.3 Å². The topological polar surface area (TPSA) is 147 Å². The van der Waals surface area contributed by atoms with Gasteiger partial charge < -0.3 is 34.2 Å². The molecule has 8 rings (SSSR count). The summed E-state index contributed by atoms with van der Waals surface area (Å²) in [7, 11) is 0.179. The number of carbonyl (C=O) groups is 3. The monoisotopic (exact) mass is 828 g/mol. The molecule has 6 atom stereocenters. The number of nitrogens with zero attached hydrogens (tertiary/aromatic N) is 2. The molecule has 60 heavy (non-hydrogen) atoms. The van der Waals surface area contributed by atoms with Crippen LogP contribution in [0.4, 0.5) is 13.2 Å². The van der Waals surface area contributed by atoms with Crippen molar-refractivity contribution in [1.82, 2.24) is 20.6 Å². The Labute approximate surface area is 347 Å². The summed E-state index contributed by atoms with van der Waals surface area (Å²) >= 11 is 0. The Morgan fingerprint density at radius 1 is 0.967 bits per heavy atom. The quantitative estimate of drug-likeness (QED) is 0.0829. The lowest BCUT2D eigenvalue weighted by Gasteiger charge is -2.64. The standard InChI is InChI=1S/C44H48BF3N4O8/c1-42(2,3)58-41(55)35-29(46)14-13-25(38(35)56-7)17-33(45-59-32-20-27-19-31(43(27,4)5)44(32,6)60-45)51-40(54)37(52-39(53)26-15-16-49-34(48)18-26)36-30(47)21-28(22-50-36)57-23-24-11-9-8-10-12-24/h8-16,18,21-22,27,31-33,37H,17,19-20,23H2,1-7H3,(H,51,54)(H,52,53)/t27-,31-,32+,33-,37?,44-/m0/s1. The van der Waals surface area contributed by atoms with Gasteiger partial charge in [-0.25, -0.2) is 18.6 Å². The van der Waals surface area contributed by atoms with Gasteiger partial charge in [0.1, 0.15) is 40.8 Å². The number of aromatic nitrogens is 2. The zero-order valence-corrected chi connectivity index (χ0v) is 34.5. The van der Waals surface area contributed by atoms with Crippen LogP contribution in [0.15, 0.2) is 73.1 Å². The predicted octanol–water partition coefficient (Wildman–Crippen LogP) is 6.90. The summed E-state index contributed by atoms with van der Waals surface area (Å²) in [5.41, 5.74) is -1.69. The molecule has 1 aliphatic heterocycles. The molecule has 3 heterocycles. The van der Waals surface area contributed by atoms with E-state index in [2.05, 4.69) is 34.4 Å². The molecule has 2 aromatic heterocycles. The number of nitrogens with one attached hydrogen (secondary N) is 2. The van der Waals surface area contributed by atoms with Gasteiger partial charge in [0.15, 0.2) is 11.9 Å². The van der Waals surface area contributed by atoms with Crippen LogP contribution in [-0.2, 0) is 31.9 Å². The fourth-order valence-corrected chi connectivity index (χ4v) is 8.78. The highest BCUT2D eigenvalue weighted by Crippen LogP contribution is 2.65. The number of amides is 2. The highest BCUT2D eigenvalue weighted by Gasteiger charge is 2.68. The van der Waals surface area contributed by atoms with Crippen molar-refractivity contribution in [3.05, 3.63) is 119 Å². The van der Waals surface area contributed by atoms with E-state index in [0.717, 1.165) is 42.8 Å². The van der Waals surface area contributed by atoms with Crippen LogP contribution < -0.4 is 20.1 Å². The summed E-state index contributed by atoms with van der Waals surface area (Å²) in [5, 5.41) is 5.40. The van der Waals surface area contributed by atoms with Crippen LogP contribution in [0.1, 0.15) is 98.0 Å². The third-order valence-corrected chi connectivity index (χ3v) is 12.0. The van der Waals surface area contributed by atoms with Gasteiger partial charge in [0.2, 0.25) is 11.9 Å². The number of methoxy groups -OCH3 is 1. The fraction of sp³-hybridized carbons (Fsp3) is 0.432. The number of rotatable bonds is 13. The Kier molecular flexibility index (Phi) is 11.7. The van der Waals surface area contributed by atoms with Gasteiger partial charge in [-0.1, -0.05) is 50.2 Å². The van der Waals surface area contributed by atoms with E-state index >= 15 is 8.78 Å². The SMILES string of the molecule is COc1c(C[C@H](NC(=O)C(NC(=O)c2ccnc(F)c2)c2ncc(OCc3ccccc3)cc2F)B2O[C@@H]3C[C@@H]4C[C@@H](C4(C)C)[C@]3(C)O2)ccc(F)c1C(=O)OC(C)(C)C. The Morgan fingerprint density at radius 2 is 1.72 bits per heavy atom. The average molecular weight is 829 g/mol. The number of pyridine rings is 2. The van der Waals surface area contributed by atoms with Crippen molar-refractivity contribution in [1.29, 1.82) is 0 Å². The third kappa shape index (κ3) is 8.57. The summed E-state index contributed by atoms with van der Waals surface area (Å²) in [4.78, 5) is 49.3. The highest BCUT2D eigenvalue weighted by molar-refractivity contribution is 6.48. The van der Waals surface area contributed by atoms with Crippen LogP contribution in [0.2, 0.25) is 0 Å². The first-order valence-corrected chi connectivity index (χ1v) is 19.8. The summed E-state index contributed by atoms with van der Waals surface area (Å²) < 4.78 is 76.0. The summed E-state index contributed by atoms with van der Waals surface area (Å²) in [5.74, 6) is -6.24. The van der Waals surface area contributed by atoms with Crippen LogP contribution in [0, 0.1) is 34.8 Å². The van der Waals surface area contributed by atoms with Crippen molar-refractivity contribution < 1.29 is 51.1 Å². The minimum atomic E-state index is -1.79. The normalized spacial score (nSPS) is 22.4. The summed E-state index contributed by atoms with van der Waals surface area (Å²) in [6, 6.07) is 13.1. The molecule has 4 fully saturated rings. The smallest absolute Gasteiger partial charge is 0.482 e. The second kappa shape index (κ2) is 16.5. The molecule has 16 heteroatoms.